The molecule has 3 nitrogen and oxygen atoms in total. The van der Waals surface area contributed by atoms with Gasteiger partial charge in [0.15, 0.2) is 0 Å². The Balaban J connectivity index is 2.31. The van der Waals surface area contributed by atoms with Gasteiger partial charge in [0.1, 0.15) is 5.82 Å². The Morgan fingerprint density at radius 2 is 1.89 bits per heavy atom. The van der Waals surface area contributed by atoms with E-state index in [1.54, 1.807) is 19.9 Å². The molecule has 0 bridgehead atoms. The molecule has 19 heavy (non-hydrogen) atoms. The first-order valence-electron chi connectivity index (χ1n) is 6.75. The highest BCUT2D eigenvalue weighted by Crippen LogP contribution is 2.33. The molecule has 1 fully saturated rings. The van der Waals surface area contributed by atoms with E-state index in [4.69, 9.17) is 0 Å². The lowest BCUT2D eigenvalue weighted by molar-refractivity contribution is 0.0350. The maximum atomic E-state index is 13.6. The third-order valence-corrected chi connectivity index (χ3v) is 3.94. The topological polar surface area (TPSA) is 43.7 Å². The Morgan fingerprint density at radius 3 is 2.42 bits per heavy atom. The van der Waals surface area contributed by atoms with Crippen LogP contribution in [0.15, 0.2) is 12.1 Å². The molecular weight excluding hydrogens is 245 g/mol. The van der Waals surface area contributed by atoms with Crippen molar-refractivity contribution >= 4 is 5.69 Å². The molecule has 1 aromatic carbocycles. The summed E-state index contributed by atoms with van der Waals surface area (Å²) in [6, 6.07) is 3.21. The fraction of sp³-hybridized carbons (Fsp3) is 0.600. The molecule has 2 N–H and O–H groups in total. The molecule has 1 saturated heterocycles. The first-order valence-corrected chi connectivity index (χ1v) is 6.75. The Morgan fingerprint density at radius 1 is 1.32 bits per heavy atom. The number of rotatable bonds is 2. The molecule has 1 aliphatic rings. The normalized spacial score (nSPS) is 20.4. The molecule has 0 spiro atoms. The highest BCUT2D eigenvalue weighted by atomic mass is 19.1. The molecule has 0 saturated carbocycles. The second-order valence-corrected chi connectivity index (χ2v) is 5.82. The van der Waals surface area contributed by atoms with Crippen LogP contribution in [0.5, 0.6) is 0 Å². The van der Waals surface area contributed by atoms with Gasteiger partial charge in [-0.05, 0) is 51.3 Å². The van der Waals surface area contributed by atoms with E-state index in [9.17, 15) is 14.6 Å². The first-order chi connectivity index (χ1) is 8.80. The molecular formula is C15H22FNO2. The smallest absolute Gasteiger partial charge is 0.126 e. The number of piperidine rings is 1. The molecule has 2 rings (SSSR count). The maximum absolute atomic E-state index is 13.6. The Hall–Kier alpha value is -1.13. The van der Waals surface area contributed by atoms with Crippen LogP contribution in [0, 0.1) is 12.7 Å². The molecule has 1 atom stereocenters. The van der Waals surface area contributed by atoms with Crippen molar-refractivity contribution in [2.75, 3.05) is 18.0 Å². The molecule has 0 radical (unpaired) electrons. The lowest BCUT2D eigenvalue weighted by atomic mass is 9.92. The van der Waals surface area contributed by atoms with Crippen LogP contribution >= 0.6 is 0 Å². The summed E-state index contributed by atoms with van der Waals surface area (Å²) in [5, 5.41) is 19.8. The molecule has 0 aromatic heterocycles. The number of hydrogen-bond donors (Lipinski definition) is 2. The average molecular weight is 267 g/mol. The quantitative estimate of drug-likeness (QED) is 0.865. The van der Waals surface area contributed by atoms with Crippen molar-refractivity contribution in [3.05, 3.63) is 29.1 Å². The van der Waals surface area contributed by atoms with Crippen molar-refractivity contribution in [3.63, 3.8) is 0 Å². The Kier molecular flexibility index (Phi) is 3.83. The summed E-state index contributed by atoms with van der Waals surface area (Å²) in [6.07, 6.45) is 0.665. The standard InChI is InChI=1S/C15H22FNO2/c1-10-8-14(12(11(2)18)9-13(10)16)17-6-4-15(3,19)5-7-17/h8-9,11,18-19H,4-7H2,1-3H3/t11-/m0/s1. The minimum atomic E-state index is -0.701. The minimum Gasteiger partial charge on any atom is -0.390 e. The van der Waals surface area contributed by atoms with E-state index >= 15 is 0 Å². The molecule has 0 amide bonds. The van der Waals surface area contributed by atoms with E-state index in [-0.39, 0.29) is 5.82 Å². The van der Waals surface area contributed by atoms with Crippen LogP contribution in [-0.4, -0.2) is 28.9 Å². The number of anilines is 1. The molecule has 0 unspecified atom stereocenters. The summed E-state index contributed by atoms with van der Waals surface area (Å²) in [5.74, 6) is -0.288. The molecule has 1 aromatic rings. The summed E-state index contributed by atoms with van der Waals surface area (Å²) < 4.78 is 13.6. The van der Waals surface area contributed by atoms with Gasteiger partial charge < -0.3 is 15.1 Å². The first kappa shape index (κ1) is 14.3. The number of halogens is 1. The van der Waals surface area contributed by atoms with Gasteiger partial charge in [-0.15, -0.1) is 0 Å². The number of hydrogen-bond acceptors (Lipinski definition) is 3. The van der Waals surface area contributed by atoms with E-state index in [2.05, 4.69) is 4.90 Å². The van der Waals surface area contributed by atoms with Crippen LogP contribution < -0.4 is 4.90 Å². The monoisotopic (exact) mass is 267 g/mol. The predicted octanol–water partition coefficient (Wildman–Crippen LogP) is 2.54. The van der Waals surface area contributed by atoms with Gasteiger partial charge in [0.25, 0.3) is 0 Å². The van der Waals surface area contributed by atoms with E-state index in [1.165, 1.54) is 6.07 Å². The number of aliphatic hydroxyl groups excluding tert-OH is 1. The van der Waals surface area contributed by atoms with Gasteiger partial charge in [-0.25, -0.2) is 4.39 Å². The largest absolute Gasteiger partial charge is 0.390 e. The van der Waals surface area contributed by atoms with Crippen LogP contribution in [0.3, 0.4) is 0 Å². The van der Waals surface area contributed by atoms with E-state index in [0.717, 1.165) is 18.8 Å². The molecule has 1 aliphatic heterocycles. The summed E-state index contributed by atoms with van der Waals surface area (Å²) in [7, 11) is 0. The maximum Gasteiger partial charge on any atom is 0.126 e. The van der Waals surface area contributed by atoms with Gasteiger partial charge in [-0.3, -0.25) is 0 Å². The fourth-order valence-electron chi connectivity index (χ4n) is 2.52. The van der Waals surface area contributed by atoms with Crippen molar-refractivity contribution < 1.29 is 14.6 Å². The Labute approximate surface area is 113 Å². The van der Waals surface area contributed by atoms with Crippen molar-refractivity contribution in [1.82, 2.24) is 0 Å². The summed E-state index contributed by atoms with van der Waals surface area (Å²) in [5.41, 5.74) is 1.46. The van der Waals surface area contributed by atoms with E-state index < -0.39 is 11.7 Å². The van der Waals surface area contributed by atoms with Crippen molar-refractivity contribution in [2.45, 2.75) is 45.3 Å². The van der Waals surface area contributed by atoms with Gasteiger partial charge in [0, 0.05) is 24.3 Å². The third kappa shape index (κ3) is 3.07. The van der Waals surface area contributed by atoms with Crippen LogP contribution in [-0.2, 0) is 0 Å². The minimum absolute atomic E-state index is 0.288. The summed E-state index contributed by atoms with van der Waals surface area (Å²) in [6.45, 7) is 6.66. The zero-order valence-electron chi connectivity index (χ0n) is 11.8. The average Bonchev–Trinajstić information content (AvgIpc) is 2.32. The zero-order chi connectivity index (χ0) is 14.2. The van der Waals surface area contributed by atoms with E-state index in [0.29, 0.717) is 24.0 Å². The van der Waals surface area contributed by atoms with E-state index in [1.807, 2.05) is 6.92 Å². The number of nitrogens with zero attached hydrogens (tertiary/aromatic N) is 1. The zero-order valence-corrected chi connectivity index (χ0v) is 11.8. The molecule has 4 heteroatoms. The molecule has 1 heterocycles. The number of aryl methyl sites for hydroxylation is 1. The van der Waals surface area contributed by atoms with Crippen LogP contribution in [0.2, 0.25) is 0 Å². The Bertz CT molecular complexity index is 461. The van der Waals surface area contributed by atoms with Gasteiger partial charge in [-0.2, -0.15) is 0 Å². The van der Waals surface area contributed by atoms with Crippen LogP contribution in [0.25, 0.3) is 0 Å². The van der Waals surface area contributed by atoms with Gasteiger partial charge in [0.2, 0.25) is 0 Å². The summed E-state index contributed by atoms with van der Waals surface area (Å²) >= 11 is 0. The molecule has 106 valence electrons. The SMILES string of the molecule is Cc1cc(N2CCC(C)(O)CC2)c([C@H](C)O)cc1F. The lowest BCUT2D eigenvalue weighted by Crippen LogP contribution is -2.42. The van der Waals surface area contributed by atoms with Gasteiger partial charge in [0.05, 0.1) is 11.7 Å². The predicted molar refractivity (Wildman–Crippen MR) is 73.8 cm³/mol. The highest BCUT2D eigenvalue weighted by molar-refractivity contribution is 5.57. The number of benzene rings is 1. The lowest BCUT2D eigenvalue weighted by Gasteiger charge is -2.38. The van der Waals surface area contributed by atoms with Crippen molar-refractivity contribution in [1.29, 1.82) is 0 Å². The van der Waals surface area contributed by atoms with Crippen molar-refractivity contribution in [3.8, 4) is 0 Å². The van der Waals surface area contributed by atoms with Crippen LogP contribution in [0.4, 0.5) is 10.1 Å². The number of aliphatic hydroxyl groups is 2. The van der Waals surface area contributed by atoms with Crippen LogP contribution in [0.1, 0.15) is 43.9 Å². The highest BCUT2D eigenvalue weighted by Gasteiger charge is 2.29. The van der Waals surface area contributed by atoms with Gasteiger partial charge >= 0.3 is 0 Å². The van der Waals surface area contributed by atoms with Gasteiger partial charge in [-0.1, -0.05) is 0 Å². The second-order valence-electron chi connectivity index (χ2n) is 5.82. The molecule has 0 aliphatic carbocycles. The fourth-order valence-corrected chi connectivity index (χ4v) is 2.52. The second kappa shape index (κ2) is 5.10. The summed E-state index contributed by atoms with van der Waals surface area (Å²) in [4.78, 5) is 2.12. The third-order valence-electron chi connectivity index (χ3n) is 3.94. The van der Waals surface area contributed by atoms with Crippen molar-refractivity contribution in [2.24, 2.45) is 0 Å².